The molecule has 2 aromatic rings. The molecule has 1 heterocycles. The Morgan fingerprint density at radius 3 is 2.82 bits per heavy atom. The van der Waals surface area contributed by atoms with Gasteiger partial charge >= 0.3 is 0 Å². The zero-order chi connectivity index (χ0) is 12.4. The monoisotopic (exact) mass is 343 g/mol. The number of aryl methyl sites for hydroxylation is 2. The van der Waals surface area contributed by atoms with Crippen molar-refractivity contribution in [2.75, 3.05) is 20.6 Å². The molecule has 0 aliphatic carbocycles. The SMILES string of the molecule is Cc1ccc2c(I)nn(CCCN(C)C)c2c1. The van der Waals surface area contributed by atoms with E-state index in [0.29, 0.717) is 0 Å². The van der Waals surface area contributed by atoms with E-state index in [2.05, 4.69) is 76.5 Å². The van der Waals surface area contributed by atoms with Crippen LogP contribution in [0.1, 0.15) is 12.0 Å². The van der Waals surface area contributed by atoms with E-state index in [0.717, 1.165) is 23.2 Å². The molecule has 0 unspecified atom stereocenters. The molecule has 0 bridgehead atoms. The number of benzene rings is 1. The van der Waals surface area contributed by atoms with Crippen LogP contribution in [0.25, 0.3) is 10.9 Å². The maximum absolute atomic E-state index is 4.61. The summed E-state index contributed by atoms with van der Waals surface area (Å²) in [7, 11) is 4.21. The number of fused-ring (bicyclic) bond motifs is 1. The van der Waals surface area contributed by atoms with Gasteiger partial charge in [-0.05, 0) is 74.3 Å². The van der Waals surface area contributed by atoms with Crippen molar-refractivity contribution in [1.82, 2.24) is 14.7 Å². The molecule has 0 atom stereocenters. The van der Waals surface area contributed by atoms with Crippen LogP contribution in [0.4, 0.5) is 0 Å². The molecule has 0 fully saturated rings. The molecule has 3 nitrogen and oxygen atoms in total. The molecule has 0 N–H and O–H groups in total. The summed E-state index contributed by atoms with van der Waals surface area (Å²) in [5.41, 5.74) is 2.55. The minimum Gasteiger partial charge on any atom is -0.309 e. The predicted molar refractivity (Wildman–Crippen MR) is 80.4 cm³/mol. The minimum atomic E-state index is 0.987. The van der Waals surface area contributed by atoms with E-state index < -0.39 is 0 Å². The maximum atomic E-state index is 4.61. The largest absolute Gasteiger partial charge is 0.309 e. The van der Waals surface area contributed by atoms with E-state index in [4.69, 9.17) is 0 Å². The van der Waals surface area contributed by atoms with Crippen LogP contribution < -0.4 is 0 Å². The van der Waals surface area contributed by atoms with Crippen LogP contribution in [0, 0.1) is 10.6 Å². The van der Waals surface area contributed by atoms with Gasteiger partial charge in [-0.1, -0.05) is 6.07 Å². The van der Waals surface area contributed by atoms with Crippen LogP contribution in [0.3, 0.4) is 0 Å². The number of nitrogens with zero attached hydrogens (tertiary/aromatic N) is 3. The first-order valence-electron chi connectivity index (χ1n) is 5.85. The van der Waals surface area contributed by atoms with E-state index >= 15 is 0 Å². The van der Waals surface area contributed by atoms with Gasteiger partial charge in [-0.3, -0.25) is 4.68 Å². The van der Waals surface area contributed by atoms with Gasteiger partial charge in [0.25, 0.3) is 0 Å². The lowest BCUT2D eigenvalue weighted by Gasteiger charge is -2.09. The second kappa shape index (κ2) is 5.35. The fourth-order valence-corrected chi connectivity index (χ4v) is 2.67. The standard InChI is InChI=1S/C13H18IN3/c1-10-5-6-11-12(9-10)17(15-13(11)14)8-4-7-16(2)3/h5-6,9H,4,7-8H2,1-3H3. The summed E-state index contributed by atoms with van der Waals surface area (Å²) >= 11 is 2.31. The zero-order valence-corrected chi connectivity index (χ0v) is 12.7. The van der Waals surface area contributed by atoms with Crippen molar-refractivity contribution in [1.29, 1.82) is 0 Å². The molecule has 2 rings (SSSR count). The van der Waals surface area contributed by atoms with E-state index in [-0.39, 0.29) is 0 Å². The Morgan fingerprint density at radius 1 is 1.35 bits per heavy atom. The molecular weight excluding hydrogens is 325 g/mol. The van der Waals surface area contributed by atoms with Crippen molar-refractivity contribution < 1.29 is 0 Å². The van der Waals surface area contributed by atoms with Crippen LogP contribution in [0.15, 0.2) is 18.2 Å². The molecular formula is C13H18IN3. The zero-order valence-electron chi connectivity index (χ0n) is 10.6. The third-order valence-electron chi connectivity index (χ3n) is 2.84. The Hall–Kier alpha value is -0.620. The molecule has 92 valence electrons. The Labute approximate surface area is 116 Å². The maximum Gasteiger partial charge on any atom is 0.131 e. The van der Waals surface area contributed by atoms with Crippen molar-refractivity contribution >= 4 is 33.5 Å². The molecule has 0 aliphatic rings. The smallest absolute Gasteiger partial charge is 0.131 e. The lowest BCUT2D eigenvalue weighted by atomic mass is 10.2. The topological polar surface area (TPSA) is 21.1 Å². The molecule has 0 saturated heterocycles. The Morgan fingerprint density at radius 2 is 2.12 bits per heavy atom. The number of halogens is 1. The highest BCUT2D eigenvalue weighted by Crippen LogP contribution is 2.21. The summed E-state index contributed by atoms with van der Waals surface area (Å²) in [6.07, 6.45) is 1.13. The summed E-state index contributed by atoms with van der Waals surface area (Å²) < 4.78 is 3.23. The van der Waals surface area contributed by atoms with Gasteiger partial charge < -0.3 is 4.90 Å². The quantitative estimate of drug-likeness (QED) is 0.796. The Bertz CT molecular complexity index is 517. The molecule has 0 amide bonds. The van der Waals surface area contributed by atoms with E-state index in [1.807, 2.05) is 0 Å². The minimum absolute atomic E-state index is 0.987. The predicted octanol–water partition coefficient (Wildman–Crippen LogP) is 2.90. The summed E-state index contributed by atoms with van der Waals surface area (Å²) in [6.45, 7) is 4.22. The summed E-state index contributed by atoms with van der Waals surface area (Å²) in [5, 5.41) is 5.88. The van der Waals surface area contributed by atoms with Crippen LogP contribution >= 0.6 is 22.6 Å². The number of hydrogen-bond donors (Lipinski definition) is 0. The highest BCUT2D eigenvalue weighted by molar-refractivity contribution is 14.1. The molecule has 1 aromatic carbocycles. The van der Waals surface area contributed by atoms with Gasteiger partial charge in [-0.15, -0.1) is 0 Å². The van der Waals surface area contributed by atoms with E-state index in [9.17, 15) is 0 Å². The van der Waals surface area contributed by atoms with Crippen LogP contribution in [-0.4, -0.2) is 35.3 Å². The Balaban J connectivity index is 2.24. The molecule has 17 heavy (non-hydrogen) atoms. The average molecular weight is 343 g/mol. The fourth-order valence-electron chi connectivity index (χ4n) is 1.95. The van der Waals surface area contributed by atoms with Gasteiger partial charge in [0.15, 0.2) is 0 Å². The Kier molecular flexibility index (Phi) is 4.04. The normalized spacial score (nSPS) is 11.6. The molecule has 0 saturated carbocycles. The number of hydrogen-bond acceptors (Lipinski definition) is 2. The number of rotatable bonds is 4. The average Bonchev–Trinajstić information content (AvgIpc) is 2.55. The molecule has 4 heteroatoms. The van der Waals surface area contributed by atoms with E-state index in [1.54, 1.807) is 0 Å². The first-order valence-corrected chi connectivity index (χ1v) is 6.93. The van der Waals surface area contributed by atoms with Gasteiger partial charge in [0.1, 0.15) is 3.70 Å². The van der Waals surface area contributed by atoms with Crippen molar-refractivity contribution in [3.63, 3.8) is 0 Å². The van der Waals surface area contributed by atoms with Crippen molar-refractivity contribution in [3.8, 4) is 0 Å². The highest BCUT2D eigenvalue weighted by atomic mass is 127. The van der Waals surface area contributed by atoms with Gasteiger partial charge in [-0.25, -0.2) is 0 Å². The lowest BCUT2D eigenvalue weighted by molar-refractivity contribution is 0.382. The van der Waals surface area contributed by atoms with Gasteiger partial charge in [0.2, 0.25) is 0 Å². The van der Waals surface area contributed by atoms with Crippen LogP contribution in [0.2, 0.25) is 0 Å². The number of aromatic nitrogens is 2. The summed E-state index contributed by atoms with van der Waals surface area (Å²) in [4.78, 5) is 2.21. The van der Waals surface area contributed by atoms with Gasteiger partial charge in [0.05, 0.1) is 5.52 Å². The molecule has 0 spiro atoms. The second-order valence-corrected chi connectivity index (χ2v) is 5.71. The van der Waals surface area contributed by atoms with Crippen molar-refractivity contribution in [2.24, 2.45) is 0 Å². The van der Waals surface area contributed by atoms with E-state index in [1.165, 1.54) is 16.5 Å². The van der Waals surface area contributed by atoms with Gasteiger partial charge in [-0.2, -0.15) is 5.10 Å². The summed E-state index contributed by atoms with van der Waals surface area (Å²) in [6, 6.07) is 6.54. The summed E-state index contributed by atoms with van der Waals surface area (Å²) in [5.74, 6) is 0. The van der Waals surface area contributed by atoms with Crippen molar-refractivity contribution in [2.45, 2.75) is 19.9 Å². The second-order valence-electron chi connectivity index (χ2n) is 4.69. The molecule has 0 radical (unpaired) electrons. The highest BCUT2D eigenvalue weighted by Gasteiger charge is 2.07. The van der Waals surface area contributed by atoms with Gasteiger partial charge in [0, 0.05) is 11.9 Å². The third-order valence-corrected chi connectivity index (χ3v) is 3.63. The molecule has 1 aromatic heterocycles. The third kappa shape index (κ3) is 2.98. The first-order chi connectivity index (χ1) is 8.08. The first kappa shape index (κ1) is 12.8. The van der Waals surface area contributed by atoms with Crippen LogP contribution in [0.5, 0.6) is 0 Å². The van der Waals surface area contributed by atoms with Crippen molar-refractivity contribution in [3.05, 3.63) is 27.5 Å². The fraction of sp³-hybridized carbons (Fsp3) is 0.462. The lowest BCUT2D eigenvalue weighted by Crippen LogP contribution is -2.15. The molecule has 0 aliphatic heterocycles. The van der Waals surface area contributed by atoms with Crippen LogP contribution in [-0.2, 0) is 6.54 Å².